The molecule has 6 nitrogen and oxygen atoms in total. The molecular formula is C27H27F3N3O3PS3. The lowest BCUT2D eigenvalue weighted by molar-refractivity contribution is 0.448. The van der Waals surface area contributed by atoms with Gasteiger partial charge in [-0.2, -0.15) is 0 Å². The predicted molar refractivity (Wildman–Crippen MR) is 166 cm³/mol. The minimum absolute atomic E-state index is 0.0133. The van der Waals surface area contributed by atoms with Crippen molar-refractivity contribution in [2.45, 2.75) is 0 Å². The molecule has 212 valence electrons. The zero-order valence-corrected chi connectivity index (χ0v) is 25.9. The van der Waals surface area contributed by atoms with Crippen molar-refractivity contribution in [1.29, 1.82) is 0 Å². The Bertz CT molecular complexity index is 1270. The van der Waals surface area contributed by atoms with Crippen molar-refractivity contribution < 1.29 is 27.4 Å². The van der Waals surface area contributed by atoms with Gasteiger partial charge in [0, 0.05) is 50.2 Å². The standard InChI is InChI=1S/C27H27F3N3O3PS3/c1-31(2)25(38)34-19-13-7-10-16(28)22(19)37(23-17(29)11-8-14-20(23)35-26(39)32(3)4)24-18(30)12-9-15-21(24)36-27(40)33(5)6/h7-15H,1-6H3. The van der Waals surface area contributed by atoms with Crippen LogP contribution in [-0.2, 0) is 0 Å². The number of thiocarbonyl (C=S) groups is 3. The van der Waals surface area contributed by atoms with Gasteiger partial charge in [-0.3, -0.25) is 0 Å². The molecule has 0 atom stereocenters. The first-order valence-electron chi connectivity index (χ1n) is 11.7. The van der Waals surface area contributed by atoms with Crippen LogP contribution in [0.15, 0.2) is 54.6 Å². The molecule has 0 N–H and O–H groups in total. The predicted octanol–water partition coefficient (Wildman–Crippen LogP) is 4.54. The average Bonchev–Trinajstić information content (AvgIpc) is 2.87. The van der Waals surface area contributed by atoms with Crippen LogP contribution < -0.4 is 30.1 Å². The van der Waals surface area contributed by atoms with Crippen LogP contribution in [0.2, 0.25) is 0 Å². The van der Waals surface area contributed by atoms with E-state index in [1.54, 1.807) is 42.3 Å². The van der Waals surface area contributed by atoms with Crippen molar-refractivity contribution in [1.82, 2.24) is 14.7 Å². The molecule has 0 aliphatic carbocycles. The fourth-order valence-electron chi connectivity index (χ4n) is 3.28. The SMILES string of the molecule is CN(C)C(=S)Oc1cccc(F)c1P(c1c(F)cccc1OC(=S)N(C)C)c1c(F)cccc1OC(=S)N(C)C. The van der Waals surface area contributed by atoms with Gasteiger partial charge in [-0.1, -0.05) is 18.2 Å². The molecule has 0 saturated carbocycles. The largest absolute Gasteiger partial charge is 0.431 e. The van der Waals surface area contributed by atoms with Crippen LogP contribution >= 0.6 is 44.6 Å². The summed E-state index contributed by atoms with van der Waals surface area (Å²) < 4.78 is 65.3. The van der Waals surface area contributed by atoms with E-state index in [-0.39, 0.29) is 48.7 Å². The lowest BCUT2D eigenvalue weighted by Crippen LogP contribution is -2.34. The summed E-state index contributed by atoms with van der Waals surface area (Å²) in [5.74, 6) is -2.42. The molecule has 0 spiro atoms. The third kappa shape index (κ3) is 7.17. The normalized spacial score (nSPS) is 10.7. The van der Waals surface area contributed by atoms with Crippen LogP contribution in [0.25, 0.3) is 0 Å². The van der Waals surface area contributed by atoms with Gasteiger partial charge in [0.05, 0.1) is 15.9 Å². The number of halogens is 3. The summed E-state index contributed by atoms with van der Waals surface area (Å²) in [5.41, 5.74) is 0. The van der Waals surface area contributed by atoms with Gasteiger partial charge in [-0.25, -0.2) is 13.2 Å². The topological polar surface area (TPSA) is 37.4 Å². The molecule has 0 unspecified atom stereocenters. The zero-order valence-electron chi connectivity index (χ0n) is 22.6. The third-order valence-corrected chi connectivity index (χ3v) is 9.20. The Balaban J connectivity index is 2.44. The Kier molecular flexibility index (Phi) is 10.7. The highest BCUT2D eigenvalue weighted by Crippen LogP contribution is 2.45. The highest BCUT2D eigenvalue weighted by Gasteiger charge is 2.35. The van der Waals surface area contributed by atoms with Gasteiger partial charge in [0.2, 0.25) is 0 Å². The van der Waals surface area contributed by atoms with E-state index in [1.807, 2.05) is 0 Å². The zero-order chi connectivity index (χ0) is 29.7. The Morgan fingerprint density at radius 3 is 1.00 bits per heavy atom. The average molecular weight is 626 g/mol. The second kappa shape index (κ2) is 13.5. The van der Waals surface area contributed by atoms with Crippen LogP contribution in [0.5, 0.6) is 17.2 Å². The summed E-state index contributed by atoms with van der Waals surface area (Å²) in [4.78, 5) is 4.52. The van der Waals surface area contributed by atoms with Crippen LogP contribution in [-0.4, -0.2) is 72.5 Å². The maximum Gasteiger partial charge on any atom is 0.264 e. The maximum atomic E-state index is 15.9. The minimum atomic E-state index is -2.45. The van der Waals surface area contributed by atoms with E-state index < -0.39 is 25.4 Å². The van der Waals surface area contributed by atoms with Crippen LogP contribution in [0, 0.1) is 17.5 Å². The number of nitrogens with zero attached hydrogens (tertiary/aromatic N) is 3. The molecule has 0 aliphatic heterocycles. The molecule has 3 aromatic carbocycles. The van der Waals surface area contributed by atoms with Crippen LogP contribution in [0.3, 0.4) is 0 Å². The van der Waals surface area contributed by atoms with Gasteiger partial charge in [0.25, 0.3) is 15.5 Å². The third-order valence-electron chi connectivity index (χ3n) is 5.21. The van der Waals surface area contributed by atoms with E-state index in [2.05, 4.69) is 0 Å². The van der Waals surface area contributed by atoms with Crippen molar-refractivity contribution in [3.8, 4) is 17.2 Å². The first kappa shape index (κ1) is 31.5. The molecule has 0 aromatic heterocycles. The number of rotatable bonds is 6. The second-order valence-electron chi connectivity index (χ2n) is 8.88. The molecule has 0 fully saturated rings. The molecule has 0 bridgehead atoms. The van der Waals surface area contributed by atoms with Crippen LogP contribution in [0.4, 0.5) is 13.2 Å². The quantitative estimate of drug-likeness (QED) is 0.290. The fraction of sp³-hybridized carbons (Fsp3) is 0.222. The molecule has 40 heavy (non-hydrogen) atoms. The van der Waals surface area contributed by atoms with Gasteiger partial charge in [-0.05, 0) is 73.1 Å². The Hall–Kier alpha value is -3.05. The molecular weight excluding hydrogens is 598 g/mol. The number of hydrogen-bond acceptors (Lipinski definition) is 6. The Morgan fingerprint density at radius 1 is 0.525 bits per heavy atom. The lowest BCUT2D eigenvalue weighted by atomic mass is 10.3. The Labute approximate surface area is 249 Å². The van der Waals surface area contributed by atoms with Gasteiger partial charge in [0.1, 0.15) is 34.7 Å². The van der Waals surface area contributed by atoms with Gasteiger partial charge < -0.3 is 28.9 Å². The van der Waals surface area contributed by atoms with E-state index >= 15 is 13.2 Å². The van der Waals surface area contributed by atoms with E-state index in [1.165, 1.54) is 69.3 Å². The molecule has 3 aromatic rings. The summed E-state index contributed by atoms with van der Waals surface area (Å²) in [6.07, 6.45) is 0. The lowest BCUT2D eigenvalue weighted by Gasteiger charge is -2.28. The van der Waals surface area contributed by atoms with Crippen molar-refractivity contribution in [2.24, 2.45) is 0 Å². The molecule has 0 radical (unpaired) electrons. The van der Waals surface area contributed by atoms with Crippen molar-refractivity contribution >= 4 is 76.0 Å². The maximum absolute atomic E-state index is 15.9. The summed E-state index contributed by atoms with van der Waals surface area (Å²) >= 11 is 15.9. The van der Waals surface area contributed by atoms with Crippen molar-refractivity contribution in [3.63, 3.8) is 0 Å². The van der Waals surface area contributed by atoms with Gasteiger partial charge >= 0.3 is 0 Å². The minimum Gasteiger partial charge on any atom is -0.431 e. The summed E-state index contributed by atoms with van der Waals surface area (Å²) in [6, 6.07) is 12.2. The second-order valence-corrected chi connectivity index (χ2v) is 11.9. The van der Waals surface area contributed by atoms with Crippen molar-refractivity contribution in [2.75, 3.05) is 42.3 Å². The number of hydrogen-bond donors (Lipinski definition) is 0. The van der Waals surface area contributed by atoms with Crippen molar-refractivity contribution in [3.05, 3.63) is 72.0 Å². The Morgan fingerprint density at radius 2 is 0.775 bits per heavy atom. The summed E-state index contributed by atoms with van der Waals surface area (Å²) in [7, 11) is 7.46. The fourth-order valence-corrected chi connectivity index (χ4v) is 6.10. The van der Waals surface area contributed by atoms with E-state index in [0.717, 1.165) is 0 Å². The summed E-state index contributed by atoms with van der Waals surface area (Å²) in [5, 5.41) is -0.382. The van der Waals surface area contributed by atoms with Gasteiger partial charge in [-0.15, -0.1) is 0 Å². The molecule has 0 amide bonds. The summed E-state index contributed by atoms with van der Waals surface area (Å²) in [6.45, 7) is 0. The molecule has 0 aliphatic rings. The first-order valence-corrected chi connectivity index (χ1v) is 14.2. The first-order chi connectivity index (χ1) is 18.8. The highest BCUT2D eigenvalue weighted by atomic mass is 32.1. The smallest absolute Gasteiger partial charge is 0.264 e. The van der Waals surface area contributed by atoms with E-state index in [0.29, 0.717) is 0 Å². The molecule has 0 heterocycles. The molecule has 13 heteroatoms. The monoisotopic (exact) mass is 625 g/mol. The molecule has 3 rings (SSSR count). The van der Waals surface area contributed by atoms with Gasteiger partial charge in [0.15, 0.2) is 0 Å². The molecule has 0 saturated heterocycles. The van der Waals surface area contributed by atoms with Crippen LogP contribution in [0.1, 0.15) is 0 Å². The van der Waals surface area contributed by atoms with E-state index in [4.69, 9.17) is 50.9 Å². The highest BCUT2D eigenvalue weighted by molar-refractivity contribution is 7.81. The van der Waals surface area contributed by atoms with E-state index in [9.17, 15) is 0 Å². The number of benzene rings is 3. The number of ether oxygens (including phenoxy) is 3.